The van der Waals surface area contributed by atoms with Gasteiger partial charge in [0.15, 0.2) is 6.10 Å². The molecule has 0 N–H and O–H groups in total. The number of benzene rings is 2. The molecular formula is C24H26Cl2N2O2. The van der Waals surface area contributed by atoms with Crippen LogP contribution in [0.4, 0.5) is 0 Å². The molecule has 1 amide bonds. The average molecular weight is 445 g/mol. The van der Waals surface area contributed by atoms with E-state index in [4.69, 9.17) is 27.9 Å². The summed E-state index contributed by atoms with van der Waals surface area (Å²) in [5, 5.41) is 0.881. The van der Waals surface area contributed by atoms with Crippen molar-refractivity contribution in [1.82, 2.24) is 9.80 Å². The van der Waals surface area contributed by atoms with Gasteiger partial charge in [-0.05, 0) is 43.6 Å². The van der Waals surface area contributed by atoms with Crippen molar-refractivity contribution in [3.63, 3.8) is 0 Å². The Hall–Kier alpha value is -2.01. The predicted molar refractivity (Wildman–Crippen MR) is 121 cm³/mol. The second-order valence-corrected chi connectivity index (χ2v) is 8.63. The molecule has 1 fully saturated rings. The number of halogens is 2. The van der Waals surface area contributed by atoms with Crippen LogP contribution in [0.15, 0.2) is 60.7 Å². The minimum Gasteiger partial charge on any atom is -0.480 e. The zero-order valence-electron chi connectivity index (χ0n) is 16.8. The van der Waals surface area contributed by atoms with Crippen molar-refractivity contribution in [3.05, 3.63) is 76.3 Å². The topological polar surface area (TPSA) is 32.8 Å². The van der Waals surface area contributed by atoms with E-state index >= 15 is 0 Å². The Morgan fingerprint density at radius 2 is 1.77 bits per heavy atom. The van der Waals surface area contributed by atoms with Crippen molar-refractivity contribution in [1.29, 1.82) is 0 Å². The number of carbonyl (C=O) groups is 1. The maximum atomic E-state index is 13.6. The zero-order valence-corrected chi connectivity index (χ0v) is 18.4. The normalized spacial score (nSPS) is 20.9. The van der Waals surface area contributed by atoms with Crippen LogP contribution in [0.2, 0.25) is 10.0 Å². The summed E-state index contributed by atoms with van der Waals surface area (Å²) in [6.45, 7) is 3.59. The molecule has 4 nitrogen and oxygen atoms in total. The van der Waals surface area contributed by atoms with Crippen LogP contribution in [0.25, 0.3) is 0 Å². The first-order valence-electron chi connectivity index (χ1n) is 10.5. The Balaban J connectivity index is 1.58. The van der Waals surface area contributed by atoms with Gasteiger partial charge >= 0.3 is 0 Å². The molecule has 2 aliphatic rings. The minimum atomic E-state index is -0.592. The van der Waals surface area contributed by atoms with Crippen LogP contribution in [-0.2, 0) is 4.79 Å². The molecule has 0 bridgehead atoms. The number of carbonyl (C=O) groups excluding carboxylic acids is 1. The summed E-state index contributed by atoms with van der Waals surface area (Å²) in [6, 6.07) is 15.4. The van der Waals surface area contributed by atoms with E-state index in [1.807, 2.05) is 29.2 Å². The quantitative estimate of drug-likeness (QED) is 0.561. The molecule has 1 unspecified atom stereocenters. The first kappa shape index (κ1) is 21.2. The molecule has 2 heterocycles. The Morgan fingerprint density at radius 1 is 1.00 bits per heavy atom. The maximum absolute atomic E-state index is 13.6. The Labute approximate surface area is 188 Å². The standard InChI is InChI=1S/C24H26Cl2N2O2/c25-20-12-11-19(16-21(20)26)30-23-10-4-5-15-28(24(23)29)22(17-27-13-6-7-14-27)18-8-2-1-3-9-18/h1-5,8-9,11-12,16,22-23H,6-7,10,13-15,17H2/t22-,23?/m1/s1. The van der Waals surface area contributed by atoms with Gasteiger partial charge in [-0.3, -0.25) is 4.79 Å². The molecule has 2 atom stereocenters. The highest BCUT2D eigenvalue weighted by Gasteiger charge is 2.33. The van der Waals surface area contributed by atoms with Crippen molar-refractivity contribution in [2.24, 2.45) is 0 Å². The molecule has 2 aromatic carbocycles. The highest BCUT2D eigenvalue weighted by molar-refractivity contribution is 6.42. The first-order valence-corrected chi connectivity index (χ1v) is 11.2. The molecule has 0 aromatic heterocycles. The number of hydrogen-bond donors (Lipinski definition) is 0. The fraction of sp³-hybridized carbons (Fsp3) is 0.375. The fourth-order valence-electron chi connectivity index (χ4n) is 4.15. The van der Waals surface area contributed by atoms with Gasteiger partial charge in [-0.15, -0.1) is 0 Å². The Morgan fingerprint density at radius 3 is 2.50 bits per heavy atom. The summed E-state index contributed by atoms with van der Waals surface area (Å²) in [6.07, 6.45) is 6.47. The number of rotatable bonds is 6. The number of amides is 1. The molecule has 1 saturated heterocycles. The van der Waals surface area contributed by atoms with Crippen LogP contribution in [-0.4, -0.2) is 48.0 Å². The number of nitrogens with zero attached hydrogens (tertiary/aromatic N) is 2. The van der Waals surface area contributed by atoms with E-state index in [2.05, 4.69) is 23.1 Å². The van der Waals surface area contributed by atoms with Crippen LogP contribution in [0.3, 0.4) is 0 Å². The van der Waals surface area contributed by atoms with Gasteiger partial charge in [0.1, 0.15) is 5.75 Å². The molecule has 4 rings (SSSR count). The van der Waals surface area contributed by atoms with Gasteiger partial charge in [-0.2, -0.15) is 0 Å². The average Bonchev–Trinajstić information content (AvgIpc) is 3.21. The van der Waals surface area contributed by atoms with Gasteiger partial charge < -0.3 is 14.5 Å². The van der Waals surface area contributed by atoms with E-state index in [1.165, 1.54) is 12.8 Å². The van der Waals surface area contributed by atoms with Crippen LogP contribution in [0.1, 0.15) is 30.9 Å². The molecule has 158 valence electrons. The van der Waals surface area contributed by atoms with Crippen LogP contribution in [0.5, 0.6) is 5.75 Å². The lowest BCUT2D eigenvalue weighted by molar-refractivity contribution is -0.140. The van der Waals surface area contributed by atoms with Crippen LogP contribution >= 0.6 is 23.2 Å². The molecular weight excluding hydrogens is 419 g/mol. The van der Waals surface area contributed by atoms with Gasteiger partial charge in [0.05, 0.1) is 16.1 Å². The lowest BCUT2D eigenvalue weighted by Gasteiger charge is -2.35. The van der Waals surface area contributed by atoms with Crippen molar-refractivity contribution in [2.45, 2.75) is 31.4 Å². The van der Waals surface area contributed by atoms with Gasteiger partial charge in [-0.1, -0.05) is 65.7 Å². The van der Waals surface area contributed by atoms with E-state index in [0.29, 0.717) is 28.8 Å². The van der Waals surface area contributed by atoms with Gasteiger partial charge in [0.25, 0.3) is 5.91 Å². The molecule has 2 aromatic rings. The second kappa shape index (κ2) is 9.86. The third-order valence-corrected chi connectivity index (χ3v) is 6.48. The van der Waals surface area contributed by atoms with E-state index in [1.54, 1.807) is 18.2 Å². The monoisotopic (exact) mass is 444 g/mol. The Bertz CT molecular complexity index is 897. The summed E-state index contributed by atoms with van der Waals surface area (Å²) in [5.74, 6) is 0.549. The van der Waals surface area contributed by atoms with Gasteiger partial charge in [0, 0.05) is 25.6 Å². The lowest BCUT2D eigenvalue weighted by atomic mass is 10.0. The third-order valence-electron chi connectivity index (χ3n) is 5.74. The minimum absolute atomic E-state index is 0.000813. The van der Waals surface area contributed by atoms with Crippen LogP contribution in [0, 0.1) is 0 Å². The maximum Gasteiger partial charge on any atom is 0.264 e. The zero-order chi connectivity index (χ0) is 20.9. The summed E-state index contributed by atoms with van der Waals surface area (Å²) in [4.78, 5) is 18.0. The highest BCUT2D eigenvalue weighted by atomic mass is 35.5. The van der Waals surface area contributed by atoms with E-state index in [9.17, 15) is 4.79 Å². The van der Waals surface area contributed by atoms with E-state index in [-0.39, 0.29) is 11.9 Å². The second-order valence-electron chi connectivity index (χ2n) is 7.81. The van der Waals surface area contributed by atoms with Gasteiger partial charge in [-0.25, -0.2) is 0 Å². The molecule has 2 aliphatic heterocycles. The summed E-state index contributed by atoms with van der Waals surface area (Å²) in [5.41, 5.74) is 1.15. The Kier molecular flexibility index (Phi) is 6.98. The largest absolute Gasteiger partial charge is 0.480 e. The van der Waals surface area contributed by atoms with E-state index in [0.717, 1.165) is 25.2 Å². The number of likely N-dealkylation sites (tertiary alicyclic amines) is 1. The van der Waals surface area contributed by atoms with Gasteiger partial charge in [0.2, 0.25) is 0 Å². The van der Waals surface area contributed by atoms with Crippen molar-refractivity contribution in [2.75, 3.05) is 26.2 Å². The molecule has 0 spiro atoms. The molecule has 0 aliphatic carbocycles. The number of hydrogen-bond acceptors (Lipinski definition) is 3. The van der Waals surface area contributed by atoms with Crippen molar-refractivity contribution in [3.8, 4) is 5.75 Å². The third kappa shape index (κ3) is 5.00. The molecule has 6 heteroatoms. The number of ether oxygens (including phenoxy) is 1. The van der Waals surface area contributed by atoms with Crippen LogP contribution < -0.4 is 4.74 Å². The fourth-order valence-corrected chi connectivity index (χ4v) is 4.43. The molecule has 0 radical (unpaired) electrons. The van der Waals surface area contributed by atoms with Crippen molar-refractivity contribution < 1.29 is 9.53 Å². The summed E-state index contributed by atoms with van der Waals surface area (Å²) >= 11 is 12.1. The first-order chi connectivity index (χ1) is 14.6. The molecule has 30 heavy (non-hydrogen) atoms. The lowest BCUT2D eigenvalue weighted by Crippen LogP contribution is -2.46. The summed E-state index contributed by atoms with van der Waals surface area (Å²) in [7, 11) is 0. The predicted octanol–water partition coefficient (Wildman–Crippen LogP) is 5.37. The highest BCUT2D eigenvalue weighted by Crippen LogP contribution is 2.30. The summed E-state index contributed by atoms with van der Waals surface area (Å²) < 4.78 is 6.07. The smallest absolute Gasteiger partial charge is 0.264 e. The SMILES string of the molecule is O=C1C(Oc2ccc(Cl)c(Cl)c2)CC=CCN1[C@H](CN1CCCC1)c1ccccc1. The molecule has 0 saturated carbocycles. The van der Waals surface area contributed by atoms with Crippen molar-refractivity contribution >= 4 is 29.1 Å². The van der Waals surface area contributed by atoms with E-state index < -0.39 is 6.10 Å².